The molecule has 2 amide bonds. The fourth-order valence-corrected chi connectivity index (χ4v) is 2.74. The van der Waals surface area contributed by atoms with Crippen LogP contribution in [0.1, 0.15) is 48.2 Å². The Morgan fingerprint density at radius 2 is 1.23 bits per heavy atom. The highest BCUT2D eigenvalue weighted by molar-refractivity contribution is 5.65. The standard InChI is InChI=1S/C14H20N4O4/c19-13(20)15-7-11-9-5-3-1-2-4-6-10(9)12(18-17-11)8-16-14(21)22/h15-16H,1-8H2,(H,19,20)(H,21,22). The van der Waals surface area contributed by atoms with Crippen molar-refractivity contribution in [3.63, 3.8) is 0 Å². The van der Waals surface area contributed by atoms with Crippen LogP contribution < -0.4 is 10.6 Å². The van der Waals surface area contributed by atoms with Crippen molar-refractivity contribution in [2.24, 2.45) is 0 Å². The maximum absolute atomic E-state index is 10.7. The summed E-state index contributed by atoms with van der Waals surface area (Å²) in [6.45, 7) is 0.245. The van der Waals surface area contributed by atoms with E-state index in [0.717, 1.165) is 49.7 Å². The van der Waals surface area contributed by atoms with Crippen LogP contribution in [-0.4, -0.2) is 32.6 Å². The molecule has 120 valence electrons. The Morgan fingerprint density at radius 3 is 1.59 bits per heavy atom. The van der Waals surface area contributed by atoms with E-state index in [1.807, 2.05) is 0 Å². The van der Waals surface area contributed by atoms with Crippen LogP contribution in [0, 0.1) is 0 Å². The Hall–Kier alpha value is -2.38. The van der Waals surface area contributed by atoms with Crippen LogP contribution in [-0.2, 0) is 25.9 Å². The summed E-state index contributed by atoms with van der Waals surface area (Å²) in [4.78, 5) is 21.3. The van der Waals surface area contributed by atoms with Gasteiger partial charge in [-0.2, -0.15) is 10.2 Å². The van der Waals surface area contributed by atoms with E-state index in [1.54, 1.807) is 0 Å². The Kier molecular flexibility index (Phi) is 5.51. The van der Waals surface area contributed by atoms with E-state index in [1.165, 1.54) is 0 Å². The minimum Gasteiger partial charge on any atom is -0.465 e. The van der Waals surface area contributed by atoms with Gasteiger partial charge in [0.25, 0.3) is 0 Å². The van der Waals surface area contributed by atoms with Crippen molar-refractivity contribution in [1.82, 2.24) is 20.8 Å². The number of aromatic nitrogens is 2. The zero-order valence-electron chi connectivity index (χ0n) is 12.3. The molecule has 0 saturated carbocycles. The Labute approximate surface area is 127 Å². The molecule has 0 aromatic carbocycles. The average Bonchev–Trinajstić information content (AvgIpc) is 2.43. The van der Waals surface area contributed by atoms with Crippen molar-refractivity contribution in [3.05, 3.63) is 22.5 Å². The van der Waals surface area contributed by atoms with Crippen LogP contribution in [0.5, 0.6) is 0 Å². The third kappa shape index (κ3) is 4.31. The first-order valence-electron chi connectivity index (χ1n) is 7.37. The third-order valence-electron chi connectivity index (χ3n) is 3.77. The van der Waals surface area contributed by atoms with Gasteiger partial charge in [-0.15, -0.1) is 0 Å². The van der Waals surface area contributed by atoms with Gasteiger partial charge in [0.15, 0.2) is 0 Å². The molecule has 8 nitrogen and oxygen atoms in total. The summed E-state index contributed by atoms with van der Waals surface area (Å²) >= 11 is 0. The summed E-state index contributed by atoms with van der Waals surface area (Å²) in [6.07, 6.45) is 3.75. The molecular formula is C14H20N4O4. The van der Waals surface area contributed by atoms with E-state index in [2.05, 4.69) is 20.8 Å². The number of nitrogens with zero attached hydrogens (tertiary/aromatic N) is 2. The Balaban J connectivity index is 2.30. The Bertz CT molecular complexity index is 513. The van der Waals surface area contributed by atoms with Gasteiger partial charge in [-0.25, -0.2) is 9.59 Å². The minimum absolute atomic E-state index is 0.122. The number of hydrogen-bond donors (Lipinski definition) is 4. The number of carboxylic acid groups (broad SMARTS) is 2. The SMILES string of the molecule is O=C(O)NCc1nnc(CNC(=O)O)c2c1CCCCCC2. The molecule has 0 spiro atoms. The van der Waals surface area contributed by atoms with Gasteiger partial charge < -0.3 is 20.8 Å². The molecule has 1 aromatic heterocycles. The molecule has 0 saturated heterocycles. The third-order valence-corrected chi connectivity index (χ3v) is 3.77. The van der Waals surface area contributed by atoms with Gasteiger partial charge in [0.2, 0.25) is 0 Å². The highest BCUT2D eigenvalue weighted by atomic mass is 16.4. The van der Waals surface area contributed by atoms with Gasteiger partial charge >= 0.3 is 12.2 Å². The predicted octanol–water partition coefficient (Wildman–Crippen LogP) is 1.67. The van der Waals surface area contributed by atoms with Gasteiger partial charge in [-0.1, -0.05) is 12.8 Å². The van der Waals surface area contributed by atoms with Crippen LogP contribution in [0.25, 0.3) is 0 Å². The second kappa shape index (κ2) is 7.58. The molecule has 0 unspecified atom stereocenters. The summed E-state index contributed by atoms with van der Waals surface area (Å²) in [7, 11) is 0. The van der Waals surface area contributed by atoms with E-state index in [4.69, 9.17) is 10.2 Å². The first-order chi connectivity index (χ1) is 10.6. The number of amides is 2. The molecule has 1 aromatic rings. The van der Waals surface area contributed by atoms with Crippen molar-refractivity contribution < 1.29 is 19.8 Å². The summed E-state index contributed by atoms with van der Waals surface area (Å²) in [6, 6.07) is 0. The van der Waals surface area contributed by atoms with Crippen LogP contribution in [0.3, 0.4) is 0 Å². The molecule has 0 fully saturated rings. The molecule has 1 aliphatic rings. The minimum atomic E-state index is -1.10. The molecule has 0 aliphatic heterocycles. The van der Waals surface area contributed by atoms with Crippen molar-refractivity contribution >= 4 is 12.2 Å². The predicted molar refractivity (Wildman–Crippen MR) is 77.6 cm³/mol. The lowest BCUT2D eigenvalue weighted by molar-refractivity contribution is 0.192. The summed E-state index contributed by atoms with van der Waals surface area (Å²) in [5.41, 5.74) is 3.31. The maximum Gasteiger partial charge on any atom is 0.404 e. The molecule has 1 heterocycles. The monoisotopic (exact) mass is 308 g/mol. The molecule has 0 radical (unpaired) electrons. The lowest BCUT2D eigenvalue weighted by atomic mass is 9.91. The number of hydrogen-bond acceptors (Lipinski definition) is 4. The zero-order chi connectivity index (χ0) is 15.9. The lowest BCUT2D eigenvalue weighted by Crippen LogP contribution is -2.26. The number of carbonyl (C=O) groups is 2. The van der Waals surface area contributed by atoms with Gasteiger partial charge in [0.1, 0.15) is 0 Å². The second-order valence-electron chi connectivity index (χ2n) is 5.28. The van der Waals surface area contributed by atoms with Gasteiger partial charge in [0.05, 0.1) is 24.5 Å². The molecule has 8 heteroatoms. The zero-order valence-corrected chi connectivity index (χ0v) is 12.3. The quantitative estimate of drug-likeness (QED) is 0.670. The topological polar surface area (TPSA) is 124 Å². The summed E-state index contributed by atoms with van der Waals surface area (Å²) < 4.78 is 0. The van der Waals surface area contributed by atoms with Crippen LogP contribution in [0.4, 0.5) is 9.59 Å². The highest BCUT2D eigenvalue weighted by Gasteiger charge is 2.18. The number of fused-ring (bicyclic) bond motifs is 1. The molecule has 2 rings (SSSR count). The summed E-state index contributed by atoms with van der Waals surface area (Å²) in [5.74, 6) is 0. The average molecular weight is 308 g/mol. The van der Waals surface area contributed by atoms with E-state index >= 15 is 0 Å². The first-order valence-corrected chi connectivity index (χ1v) is 7.37. The van der Waals surface area contributed by atoms with E-state index < -0.39 is 12.2 Å². The number of nitrogens with one attached hydrogen (secondary N) is 2. The van der Waals surface area contributed by atoms with Gasteiger partial charge in [-0.05, 0) is 36.8 Å². The highest BCUT2D eigenvalue weighted by Crippen LogP contribution is 2.24. The van der Waals surface area contributed by atoms with Crippen molar-refractivity contribution in [2.45, 2.75) is 51.6 Å². The van der Waals surface area contributed by atoms with E-state index in [-0.39, 0.29) is 13.1 Å². The molecule has 0 bridgehead atoms. The normalized spacial score (nSPS) is 14.4. The van der Waals surface area contributed by atoms with Crippen LogP contribution >= 0.6 is 0 Å². The smallest absolute Gasteiger partial charge is 0.404 e. The lowest BCUT2D eigenvalue weighted by Gasteiger charge is -2.19. The Morgan fingerprint density at radius 1 is 0.818 bits per heavy atom. The molecule has 0 atom stereocenters. The summed E-state index contributed by atoms with van der Waals surface area (Å²) in [5, 5.41) is 30.3. The molecule has 4 N–H and O–H groups in total. The molecular weight excluding hydrogens is 288 g/mol. The van der Waals surface area contributed by atoms with Crippen molar-refractivity contribution in [1.29, 1.82) is 0 Å². The first kappa shape index (κ1) is 16.0. The fourth-order valence-electron chi connectivity index (χ4n) is 2.74. The van der Waals surface area contributed by atoms with Crippen molar-refractivity contribution in [2.75, 3.05) is 0 Å². The number of rotatable bonds is 4. The van der Waals surface area contributed by atoms with Crippen molar-refractivity contribution in [3.8, 4) is 0 Å². The molecule has 1 aliphatic carbocycles. The van der Waals surface area contributed by atoms with Gasteiger partial charge in [0, 0.05) is 0 Å². The fraction of sp³-hybridized carbons (Fsp3) is 0.571. The van der Waals surface area contributed by atoms with Gasteiger partial charge in [-0.3, -0.25) is 0 Å². The molecule has 22 heavy (non-hydrogen) atoms. The van der Waals surface area contributed by atoms with E-state index in [0.29, 0.717) is 11.4 Å². The second-order valence-corrected chi connectivity index (χ2v) is 5.28. The largest absolute Gasteiger partial charge is 0.465 e. The van der Waals surface area contributed by atoms with Crippen LogP contribution in [0.2, 0.25) is 0 Å². The van der Waals surface area contributed by atoms with E-state index in [9.17, 15) is 9.59 Å². The maximum atomic E-state index is 10.7. The van der Waals surface area contributed by atoms with Crippen LogP contribution in [0.15, 0.2) is 0 Å².